The smallest absolute Gasteiger partial charge is 0.238 e. The van der Waals surface area contributed by atoms with Gasteiger partial charge in [0.15, 0.2) is 11.0 Å². The molecule has 6 nitrogen and oxygen atoms in total. The molecule has 0 aliphatic carbocycles. The van der Waals surface area contributed by atoms with E-state index < -0.39 is 0 Å². The molecule has 3 rings (SSSR count). The molecule has 0 unspecified atom stereocenters. The second-order valence-corrected chi connectivity index (χ2v) is 9.10. The highest BCUT2D eigenvalue weighted by molar-refractivity contribution is 7.98. The molecule has 0 saturated heterocycles. The quantitative estimate of drug-likeness (QED) is 0.467. The Morgan fingerprint density at radius 3 is 2.84 bits per heavy atom. The van der Waals surface area contributed by atoms with Crippen LogP contribution in [0.2, 0.25) is 0 Å². The zero-order valence-electron chi connectivity index (χ0n) is 15.2. The van der Waals surface area contributed by atoms with E-state index in [-0.39, 0.29) is 11.5 Å². The molecule has 0 atom stereocenters. The summed E-state index contributed by atoms with van der Waals surface area (Å²) < 4.78 is 5.93. The summed E-state index contributed by atoms with van der Waals surface area (Å²) in [6, 6.07) is 0. The van der Waals surface area contributed by atoms with Crippen molar-refractivity contribution in [1.82, 2.24) is 15.4 Å². The molecule has 1 aliphatic heterocycles. The molecule has 1 amide bonds. The first-order valence-electron chi connectivity index (χ1n) is 8.34. The van der Waals surface area contributed by atoms with Crippen LogP contribution in [0, 0.1) is 5.92 Å². The van der Waals surface area contributed by atoms with E-state index in [0.29, 0.717) is 29.9 Å². The number of carbonyl (C=O) groups excluding carboxylic acids is 1. The van der Waals surface area contributed by atoms with Gasteiger partial charge < -0.3 is 4.74 Å². The number of fused-ring (bicyclic) bond motifs is 3. The highest BCUT2D eigenvalue weighted by atomic mass is 32.2. The first-order chi connectivity index (χ1) is 11.8. The topological polar surface area (TPSA) is 76.1 Å². The van der Waals surface area contributed by atoms with Crippen LogP contribution >= 0.6 is 23.1 Å². The molecule has 136 valence electrons. The van der Waals surface area contributed by atoms with Gasteiger partial charge in [0.1, 0.15) is 4.83 Å². The van der Waals surface area contributed by atoms with E-state index in [1.165, 1.54) is 22.2 Å². The molecule has 0 radical (unpaired) electrons. The summed E-state index contributed by atoms with van der Waals surface area (Å²) in [5, 5.41) is 1.69. The number of hydrazine groups is 1. The normalized spacial score (nSPS) is 16.1. The molecule has 0 spiro atoms. The summed E-state index contributed by atoms with van der Waals surface area (Å²) in [6.07, 6.45) is 3.22. The van der Waals surface area contributed by atoms with Gasteiger partial charge in [-0.3, -0.25) is 15.6 Å². The van der Waals surface area contributed by atoms with E-state index in [1.807, 2.05) is 20.1 Å². The highest BCUT2D eigenvalue weighted by Gasteiger charge is 2.31. The fourth-order valence-electron chi connectivity index (χ4n) is 2.86. The average molecular weight is 381 g/mol. The van der Waals surface area contributed by atoms with E-state index in [2.05, 4.69) is 34.7 Å². The fourth-order valence-corrected chi connectivity index (χ4v) is 4.38. The number of thiophene rings is 1. The van der Waals surface area contributed by atoms with E-state index in [9.17, 15) is 4.79 Å². The number of rotatable bonds is 5. The molecule has 1 aliphatic rings. The third kappa shape index (κ3) is 4.07. The van der Waals surface area contributed by atoms with Crippen molar-refractivity contribution in [2.75, 3.05) is 11.7 Å². The monoisotopic (exact) mass is 380 g/mol. The number of amides is 1. The van der Waals surface area contributed by atoms with Gasteiger partial charge in [-0.05, 0) is 31.6 Å². The Morgan fingerprint density at radius 2 is 2.16 bits per heavy atom. The fraction of sp³-hybridized carbons (Fsp3) is 0.588. The number of thioether (sulfide) groups is 1. The van der Waals surface area contributed by atoms with Gasteiger partial charge in [0, 0.05) is 17.7 Å². The van der Waals surface area contributed by atoms with Crippen molar-refractivity contribution >= 4 is 45.0 Å². The largest absolute Gasteiger partial charge is 0.370 e. The lowest BCUT2D eigenvalue weighted by Crippen LogP contribution is -2.32. The molecule has 25 heavy (non-hydrogen) atoms. The van der Waals surface area contributed by atoms with Crippen molar-refractivity contribution in [3.63, 3.8) is 0 Å². The lowest BCUT2D eigenvalue weighted by Gasteiger charge is -2.30. The number of nitrogens with one attached hydrogen (secondary N) is 2. The standard InChI is InChI=1S/C17H24N4O2S2/c1-9(2)6-12(22)20-21-14-13-10-7-17(3,4)23-8-11(10)25-15(13)19-16(18-14)24-5/h9H,6-8H2,1-5H3,(H,20,22)(H,18,19,21). The van der Waals surface area contributed by atoms with E-state index in [1.54, 1.807) is 11.3 Å². The third-order valence-corrected chi connectivity index (χ3v) is 5.65. The van der Waals surface area contributed by atoms with Gasteiger partial charge in [-0.2, -0.15) is 0 Å². The summed E-state index contributed by atoms with van der Waals surface area (Å²) in [6.45, 7) is 8.82. The number of nitrogens with zero attached hydrogens (tertiary/aromatic N) is 2. The highest BCUT2D eigenvalue weighted by Crippen LogP contribution is 2.41. The lowest BCUT2D eigenvalue weighted by atomic mass is 9.94. The minimum Gasteiger partial charge on any atom is -0.370 e. The Balaban J connectivity index is 1.98. The van der Waals surface area contributed by atoms with E-state index in [4.69, 9.17) is 4.74 Å². The summed E-state index contributed by atoms with van der Waals surface area (Å²) >= 11 is 3.14. The van der Waals surface area contributed by atoms with Gasteiger partial charge in [-0.25, -0.2) is 9.97 Å². The molecule has 0 bridgehead atoms. The molecule has 2 aromatic heterocycles. The van der Waals surface area contributed by atoms with Crippen molar-refractivity contribution in [2.45, 2.75) is 57.9 Å². The van der Waals surface area contributed by atoms with Crippen LogP contribution in [0.3, 0.4) is 0 Å². The van der Waals surface area contributed by atoms with Crippen LogP contribution in [-0.4, -0.2) is 27.7 Å². The Labute approximate surface area is 156 Å². The Morgan fingerprint density at radius 1 is 1.40 bits per heavy atom. The van der Waals surface area contributed by atoms with Crippen LogP contribution < -0.4 is 10.9 Å². The predicted octanol–water partition coefficient (Wildman–Crippen LogP) is 3.75. The zero-order valence-corrected chi connectivity index (χ0v) is 16.9. The summed E-state index contributed by atoms with van der Waals surface area (Å²) in [5.74, 6) is 0.933. The lowest BCUT2D eigenvalue weighted by molar-refractivity contribution is -0.121. The van der Waals surface area contributed by atoms with Gasteiger partial charge in [0.05, 0.1) is 17.6 Å². The minimum absolute atomic E-state index is 0.0415. The maximum Gasteiger partial charge on any atom is 0.238 e. The average Bonchev–Trinajstić information content (AvgIpc) is 2.88. The van der Waals surface area contributed by atoms with Gasteiger partial charge in [0.25, 0.3) is 0 Å². The molecule has 3 heterocycles. The number of hydrogen-bond donors (Lipinski definition) is 2. The van der Waals surface area contributed by atoms with Crippen molar-refractivity contribution in [2.24, 2.45) is 5.92 Å². The number of hydrogen-bond acceptors (Lipinski definition) is 7. The minimum atomic E-state index is -0.211. The maximum absolute atomic E-state index is 12.0. The predicted molar refractivity (Wildman–Crippen MR) is 103 cm³/mol. The first-order valence-corrected chi connectivity index (χ1v) is 10.4. The number of aromatic nitrogens is 2. The second-order valence-electron chi connectivity index (χ2n) is 7.24. The Bertz CT molecular complexity index is 802. The van der Waals surface area contributed by atoms with E-state index in [0.717, 1.165) is 16.6 Å². The molecule has 0 aromatic carbocycles. The molecule has 0 saturated carbocycles. The molecule has 0 fully saturated rings. The summed E-state index contributed by atoms with van der Waals surface area (Å²) in [7, 11) is 0. The number of ether oxygens (including phenoxy) is 1. The van der Waals surface area contributed by atoms with Crippen LogP contribution in [0.4, 0.5) is 5.82 Å². The van der Waals surface area contributed by atoms with Crippen molar-refractivity contribution < 1.29 is 9.53 Å². The summed E-state index contributed by atoms with van der Waals surface area (Å²) in [5.41, 5.74) is 6.82. The van der Waals surface area contributed by atoms with Crippen LogP contribution in [0.25, 0.3) is 10.2 Å². The van der Waals surface area contributed by atoms with Crippen molar-refractivity contribution in [1.29, 1.82) is 0 Å². The molecule has 2 N–H and O–H groups in total. The van der Waals surface area contributed by atoms with Gasteiger partial charge in [-0.1, -0.05) is 25.6 Å². The van der Waals surface area contributed by atoms with Gasteiger partial charge >= 0.3 is 0 Å². The van der Waals surface area contributed by atoms with Crippen LogP contribution in [0.1, 0.15) is 44.6 Å². The van der Waals surface area contributed by atoms with Crippen molar-refractivity contribution in [3.8, 4) is 0 Å². The van der Waals surface area contributed by atoms with Crippen LogP contribution in [0.5, 0.6) is 0 Å². The summed E-state index contributed by atoms with van der Waals surface area (Å²) in [4.78, 5) is 23.4. The molecular formula is C17H24N4O2S2. The zero-order chi connectivity index (χ0) is 18.2. The SMILES string of the molecule is CSc1nc(NNC(=O)CC(C)C)c2c3c(sc2n1)COC(C)(C)C3. The third-order valence-electron chi connectivity index (χ3n) is 4.01. The molecule has 2 aromatic rings. The molecule has 8 heteroatoms. The van der Waals surface area contributed by atoms with Crippen molar-refractivity contribution in [3.05, 3.63) is 10.4 Å². The van der Waals surface area contributed by atoms with E-state index >= 15 is 0 Å². The van der Waals surface area contributed by atoms with Crippen LogP contribution in [0.15, 0.2) is 5.16 Å². The van der Waals surface area contributed by atoms with Crippen LogP contribution in [-0.2, 0) is 22.6 Å². The molecular weight excluding hydrogens is 356 g/mol. The Hall–Kier alpha value is -1.38. The van der Waals surface area contributed by atoms with Gasteiger partial charge in [-0.15, -0.1) is 11.3 Å². The second kappa shape index (κ2) is 7.09. The number of carbonyl (C=O) groups is 1. The maximum atomic E-state index is 12.0. The Kier molecular flexibility index (Phi) is 5.22. The van der Waals surface area contributed by atoms with Gasteiger partial charge in [0.2, 0.25) is 5.91 Å². The first kappa shape index (κ1) is 18.4. The number of anilines is 1.